The Balaban J connectivity index is 1.67. The van der Waals surface area contributed by atoms with E-state index in [1.165, 1.54) is 43.2 Å². The molecule has 2 aromatic rings. The van der Waals surface area contributed by atoms with Crippen molar-refractivity contribution < 1.29 is 13.2 Å². The minimum absolute atomic E-state index is 0.0643. The number of rotatable bonds is 8. The largest absolute Gasteiger partial charge is 0.372 e. The van der Waals surface area contributed by atoms with Crippen LogP contribution in [0.3, 0.4) is 0 Å². The van der Waals surface area contributed by atoms with Crippen LogP contribution in [0.1, 0.15) is 35.2 Å². The van der Waals surface area contributed by atoms with E-state index in [0.29, 0.717) is 12.1 Å². The number of carbonyl (C=O) groups excluding carboxylic acids is 1. The first kappa shape index (κ1) is 22.1. The third-order valence-electron chi connectivity index (χ3n) is 5.23. The molecule has 160 valence electrons. The van der Waals surface area contributed by atoms with Crippen LogP contribution < -0.4 is 9.62 Å². The summed E-state index contributed by atoms with van der Waals surface area (Å²) in [7, 11) is -1.95. The van der Waals surface area contributed by atoms with Crippen molar-refractivity contribution in [2.45, 2.75) is 30.7 Å². The highest BCUT2D eigenvalue weighted by Crippen LogP contribution is 2.21. The molecule has 1 fully saturated rings. The van der Waals surface area contributed by atoms with Crippen LogP contribution in [0.5, 0.6) is 0 Å². The highest BCUT2D eigenvalue weighted by atomic mass is 32.2. The highest BCUT2D eigenvalue weighted by molar-refractivity contribution is 7.89. The van der Waals surface area contributed by atoms with E-state index in [2.05, 4.69) is 28.3 Å². The Morgan fingerprint density at radius 2 is 1.83 bits per heavy atom. The average molecular weight is 428 g/mol. The molecule has 6 nitrogen and oxygen atoms in total. The summed E-state index contributed by atoms with van der Waals surface area (Å²) >= 11 is 0. The van der Waals surface area contributed by atoms with Gasteiger partial charge in [0.1, 0.15) is 0 Å². The van der Waals surface area contributed by atoms with Gasteiger partial charge >= 0.3 is 0 Å². The van der Waals surface area contributed by atoms with Gasteiger partial charge in [0.15, 0.2) is 0 Å². The third kappa shape index (κ3) is 5.49. The lowest BCUT2D eigenvalue weighted by molar-refractivity contribution is 0.0785. The summed E-state index contributed by atoms with van der Waals surface area (Å²) in [5.74, 6) is -0.226. The fourth-order valence-electron chi connectivity index (χ4n) is 3.58. The molecule has 0 saturated carbocycles. The van der Waals surface area contributed by atoms with Crippen LogP contribution in [0.25, 0.3) is 0 Å². The van der Waals surface area contributed by atoms with Crippen molar-refractivity contribution in [3.8, 4) is 0 Å². The van der Waals surface area contributed by atoms with Crippen molar-refractivity contribution in [1.29, 1.82) is 0 Å². The lowest BCUT2D eigenvalue weighted by atomic mass is 10.1. The number of carbonyl (C=O) groups is 1. The lowest BCUT2D eigenvalue weighted by Crippen LogP contribution is -2.29. The molecule has 0 bridgehead atoms. The van der Waals surface area contributed by atoms with Crippen LogP contribution in [-0.2, 0) is 16.6 Å². The maximum atomic E-state index is 12.8. The maximum absolute atomic E-state index is 12.8. The van der Waals surface area contributed by atoms with E-state index in [9.17, 15) is 13.2 Å². The molecule has 7 heteroatoms. The predicted octanol–water partition coefficient (Wildman–Crippen LogP) is 3.41. The third-order valence-corrected chi connectivity index (χ3v) is 6.65. The van der Waals surface area contributed by atoms with E-state index in [-0.39, 0.29) is 17.3 Å². The van der Waals surface area contributed by atoms with Gasteiger partial charge in [-0.25, -0.2) is 13.1 Å². The minimum Gasteiger partial charge on any atom is -0.372 e. The Labute approximate surface area is 179 Å². The van der Waals surface area contributed by atoms with E-state index in [1.807, 2.05) is 12.1 Å². The Bertz CT molecular complexity index is 981. The number of amides is 1. The fourth-order valence-corrected chi connectivity index (χ4v) is 4.62. The molecule has 0 spiro atoms. The standard InChI is InChI=1S/C23H29N3O3S/c1-3-14-24-30(28,29)22-9-7-8-20(17-22)23(27)25(2)18-19-10-12-21(13-11-19)26-15-5-4-6-16-26/h3,7-13,17,24H,1,4-6,14-16,18H2,2H3. The number of hydrogen-bond donors (Lipinski definition) is 1. The Kier molecular flexibility index (Phi) is 7.29. The summed E-state index contributed by atoms with van der Waals surface area (Å²) in [4.78, 5) is 16.9. The molecule has 30 heavy (non-hydrogen) atoms. The second-order valence-corrected chi connectivity index (χ2v) is 9.31. The van der Waals surface area contributed by atoms with Crippen molar-refractivity contribution in [1.82, 2.24) is 9.62 Å². The molecule has 0 unspecified atom stereocenters. The summed E-state index contributed by atoms with van der Waals surface area (Å²) in [6.07, 6.45) is 5.24. The van der Waals surface area contributed by atoms with Gasteiger partial charge in [-0.3, -0.25) is 4.79 Å². The number of anilines is 1. The first-order chi connectivity index (χ1) is 14.4. The molecule has 1 N–H and O–H groups in total. The van der Waals surface area contributed by atoms with Crippen molar-refractivity contribution in [2.24, 2.45) is 0 Å². The summed E-state index contributed by atoms with van der Waals surface area (Å²) in [5, 5.41) is 0. The molecule has 1 aliphatic heterocycles. The topological polar surface area (TPSA) is 69.7 Å². The zero-order valence-corrected chi connectivity index (χ0v) is 18.2. The molecule has 3 rings (SSSR count). The zero-order chi connectivity index (χ0) is 21.6. The maximum Gasteiger partial charge on any atom is 0.253 e. The molecule has 0 atom stereocenters. The summed E-state index contributed by atoms with van der Waals surface area (Å²) < 4.78 is 27.0. The van der Waals surface area contributed by atoms with E-state index < -0.39 is 10.0 Å². The van der Waals surface area contributed by atoms with Crippen LogP contribution in [0.4, 0.5) is 5.69 Å². The van der Waals surface area contributed by atoms with Gasteiger partial charge in [-0.2, -0.15) is 0 Å². The van der Waals surface area contributed by atoms with E-state index in [0.717, 1.165) is 18.7 Å². The van der Waals surface area contributed by atoms with Gasteiger partial charge in [0.2, 0.25) is 10.0 Å². The predicted molar refractivity (Wildman–Crippen MR) is 120 cm³/mol. The molecule has 0 radical (unpaired) electrons. The molecular weight excluding hydrogens is 398 g/mol. The number of hydrogen-bond acceptors (Lipinski definition) is 4. The molecule has 1 heterocycles. The second-order valence-electron chi connectivity index (χ2n) is 7.54. The second kappa shape index (κ2) is 9.91. The first-order valence-electron chi connectivity index (χ1n) is 10.2. The quantitative estimate of drug-likeness (QED) is 0.656. The Morgan fingerprint density at radius 3 is 2.50 bits per heavy atom. The molecule has 0 aromatic heterocycles. The van der Waals surface area contributed by atoms with Gasteiger partial charge in [0.25, 0.3) is 5.91 Å². The summed E-state index contributed by atoms with van der Waals surface area (Å²) in [6, 6.07) is 14.4. The molecule has 1 saturated heterocycles. The van der Waals surface area contributed by atoms with Crippen molar-refractivity contribution in [2.75, 3.05) is 31.6 Å². The van der Waals surface area contributed by atoms with Crippen molar-refractivity contribution in [3.05, 3.63) is 72.3 Å². The van der Waals surface area contributed by atoms with E-state index in [1.54, 1.807) is 24.1 Å². The average Bonchev–Trinajstić information content (AvgIpc) is 2.78. The Morgan fingerprint density at radius 1 is 1.13 bits per heavy atom. The first-order valence-corrected chi connectivity index (χ1v) is 11.7. The zero-order valence-electron chi connectivity index (χ0n) is 17.4. The number of nitrogens with zero attached hydrogens (tertiary/aromatic N) is 2. The number of benzene rings is 2. The van der Waals surface area contributed by atoms with Gasteiger partial charge in [0, 0.05) is 44.5 Å². The summed E-state index contributed by atoms with van der Waals surface area (Å²) in [6.45, 7) is 6.28. The number of piperidine rings is 1. The Hall–Kier alpha value is -2.64. The molecule has 0 aliphatic carbocycles. The van der Waals surface area contributed by atoms with Gasteiger partial charge in [0.05, 0.1) is 4.90 Å². The van der Waals surface area contributed by atoms with E-state index >= 15 is 0 Å². The van der Waals surface area contributed by atoms with Crippen LogP contribution in [0, 0.1) is 0 Å². The minimum atomic E-state index is -3.68. The van der Waals surface area contributed by atoms with Crippen LogP contribution in [0.15, 0.2) is 66.1 Å². The highest BCUT2D eigenvalue weighted by Gasteiger charge is 2.18. The molecule has 2 aromatic carbocycles. The fraction of sp³-hybridized carbons (Fsp3) is 0.348. The smallest absolute Gasteiger partial charge is 0.253 e. The van der Waals surface area contributed by atoms with Gasteiger partial charge in [-0.15, -0.1) is 6.58 Å². The van der Waals surface area contributed by atoms with Gasteiger partial charge in [-0.1, -0.05) is 24.3 Å². The van der Waals surface area contributed by atoms with Gasteiger partial charge < -0.3 is 9.80 Å². The van der Waals surface area contributed by atoms with Crippen LogP contribution in [0.2, 0.25) is 0 Å². The summed E-state index contributed by atoms with van der Waals surface area (Å²) in [5.41, 5.74) is 2.59. The van der Waals surface area contributed by atoms with Crippen LogP contribution in [-0.4, -0.2) is 45.9 Å². The van der Waals surface area contributed by atoms with Crippen LogP contribution >= 0.6 is 0 Å². The number of sulfonamides is 1. The van der Waals surface area contributed by atoms with Gasteiger partial charge in [-0.05, 0) is 55.2 Å². The molecule has 1 amide bonds. The van der Waals surface area contributed by atoms with Crippen molar-refractivity contribution >= 4 is 21.6 Å². The van der Waals surface area contributed by atoms with E-state index in [4.69, 9.17) is 0 Å². The molecular formula is C23H29N3O3S. The normalized spacial score (nSPS) is 14.4. The lowest BCUT2D eigenvalue weighted by Gasteiger charge is -2.29. The molecule has 1 aliphatic rings. The number of nitrogens with one attached hydrogen (secondary N) is 1. The SMILES string of the molecule is C=CCNS(=O)(=O)c1cccc(C(=O)N(C)Cc2ccc(N3CCCCC3)cc2)c1. The monoisotopic (exact) mass is 427 g/mol. The van der Waals surface area contributed by atoms with Crippen molar-refractivity contribution in [3.63, 3.8) is 0 Å².